The van der Waals surface area contributed by atoms with Crippen molar-refractivity contribution in [1.82, 2.24) is 20.1 Å². The van der Waals surface area contributed by atoms with Crippen molar-refractivity contribution in [3.8, 4) is 0 Å². The minimum Gasteiger partial charge on any atom is -0.445 e. The Morgan fingerprint density at radius 2 is 1.68 bits per heavy atom. The number of anilines is 1. The Hall–Kier alpha value is -2.78. The summed E-state index contributed by atoms with van der Waals surface area (Å²) in [5, 5.41) is 10.9. The monoisotopic (exact) mass is 482 g/mol. The van der Waals surface area contributed by atoms with E-state index in [9.17, 15) is 9.59 Å². The van der Waals surface area contributed by atoms with Gasteiger partial charge in [-0.25, -0.2) is 14.3 Å². The van der Waals surface area contributed by atoms with Gasteiger partial charge in [0.25, 0.3) is 11.7 Å². The van der Waals surface area contributed by atoms with Crippen LogP contribution in [-0.4, -0.2) is 55.6 Å². The summed E-state index contributed by atoms with van der Waals surface area (Å²) in [6, 6.07) is 11.0. The van der Waals surface area contributed by atoms with E-state index in [1.807, 2.05) is 24.3 Å². The lowest BCUT2D eigenvalue weighted by Crippen LogP contribution is -2.66. The van der Waals surface area contributed by atoms with Crippen LogP contribution in [0.1, 0.15) is 36.2 Å². The minimum absolute atomic E-state index is 0.0584. The first-order valence-electron chi connectivity index (χ1n) is 11.8. The molecule has 0 bridgehead atoms. The van der Waals surface area contributed by atoms with Gasteiger partial charge in [0.05, 0.1) is 10.4 Å². The quantitative estimate of drug-likeness (QED) is 0.366. The average Bonchev–Trinajstić information content (AvgIpc) is 3.28. The SMILES string of the molecule is O=C[N+](c1c(C(=O)Nc2ccc(Cl)cn2)oc2ccccc12)(C1CCNCC1)C1CCNCC1. The molecule has 2 amide bonds. The summed E-state index contributed by atoms with van der Waals surface area (Å²) >= 11 is 5.95. The van der Waals surface area contributed by atoms with Crippen LogP contribution in [0.4, 0.5) is 11.5 Å². The zero-order chi connectivity index (χ0) is 23.5. The van der Waals surface area contributed by atoms with Gasteiger partial charge in [-0.05, 0) is 24.3 Å². The van der Waals surface area contributed by atoms with Crippen molar-refractivity contribution >= 4 is 46.4 Å². The van der Waals surface area contributed by atoms with Gasteiger partial charge in [-0.15, -0.1) is 0 Å². The van der Waals surface area contributed by atoms with Crippen molar-refractivity contribution < 1.29 is 14.0 Å². The average molecular weight is 483 g/mol. The molecule has 0 saturated carbocycles. The number of pyridine rings is 1. The molecule has 0 unspecified atom stereocenters. The Balaban J connectivity index is 1.67. The summed E-state index contributed by atoms with van der Waals surface area (Å²) < 4.78 is 6.28. The normalized spacial score (nSPS) is 18.1. The second-order valence-electron chi connectivity index (χ2n) is 8.99. The summed E-state index contributed by atoms with van der Waals surface area (Å²) in [5.41, 5.74) is 1.26. The summed E-state index contributed by atoms with van der Waals surface area (Å²) in [6.45, 7) is 3.37. The third-order valence-corrected chi connectivity index (χ3v) is 7.36. The van der Waals surface area contributed by atoms with Crippen LogP contribution in [0, 0.1) is 0 Å². The number of halogens is 1. The van der Waals surface area contributed by atoms with E-state index >= 15 is 0 Å². The number of nitrogens with zero attached hydrogens (tertiary/aromatic N) is 2. The smallest absolute Gasteiger partial charge is 0.307 e. The van der Waals surface area contributed by atoms with Gasteiger partial charge in [-0.2, -0.15) is 0 Å². The fraction of sp³-hybridized carbons (Fsp3) is 0.400. The fourth-order valence-electron chi connectivity index (χ4n) is 5.55. The molecule has 3 aromatic rings. The first-order valence-corrected chi connectivity index (χ1v) is 12.2. The van der Waals surface area contributed by atoms with Gasteiger partial charge in [0.2, 0.25) is 5.69 Å². The molecule has 2 aliphatic rings. The zero-order valence-electron chi connectivity index (χ0n) is 18.9. The van der Waals surface area contributed by atoms with Crippen LogP contribution in [0.2, 0.25) is 5.02 Å². The van der Waals surface area contributed by atoms with Gasteiger partial charge in [0, 0.05) is 58.1 Å². The van der Waals surface area contributed by atoms with Crippen LogP contribution in [-0.2, 0) is 4.79 Å². The molecule has 1 aromatic carbocycles. The van der Waals surface area contributed by atoms with Crippen LogP contribution < -0.4 is 20.4 Å². The highest BCUT2D eigenvalue weighted by Crippen LogP contribution is 2.44. The zero-order valence-corrected chi connectivity index (χ0v) is 19.7. The van der Waals surface area contributed by atoms with Gasteiger partial charge in [0.15, 0.2) is 0 Å². The molecule has 2 fully saturated rings. The lowest BCUT2D eigenvalue weighted by atomic mass is 9.92. The van der Waals surface area contributed by atoms with Crippen molar-refractivity contribution in [2.45, 2.75) is 37.8 Å². The van der Waals surface area contributed by atoms with Crippen LogP contribution >= 0.6 is 11.6 Å². The predicted molar refractivity (Wildman–Crippen MR) is 133 cm³/mol. The van der Waals surface area contributed by atoms with Gasteiger partial charge < -0.3 is 20.4 Å². The number of amides is 2. The Morgan fingerprint density at radius 1 is 1.03 bits per heavy atom. The second kappa shape index (κ2) is 9.84. The third-order valence-electron chi connectivity index (χ3n) is 7.13. The maximum Gasteiger partial charge on any atom is 0.307 e. The molecule has 0 atom stereocenters. The van der Waals surface area contributed by atoms with E-state index in [4.69, 9.17) is 16.0 Å². The number of hydrogen-bond acceptors (Lipinski definition) is 6. The largest absolute Gasteiger partial charge is 0.445 e. The third kappa shape index (κ3) is 4.11. The number of piperidine rings is 2. The second-order valence-corrected chi connectivity index (χ2v) is 9.43. The van der Waals surface area contributed by atoms with Crippen molar-refractivity contribution in [1.29, 1.82) is 0 Å². The van der Waals surface area contributed by atoms with Crippen molar-refractivity contribution in [3.05, 3.63) is 53.4 Å². The number of rotatable bonds is 6. The summed E-state index contributed by atoms with van der Waals surface area (Å²) in [7, 11) is 0. The molecule has 3 N–H and O–H groups in total. The number of hydrogen-bond donors (Lipinski definition) is 3. The molecule has 34 heavy (non-hydrogen) atoms. The predicted octanol–water partition coefficient (Wildman–Crippen LogP) is 3.70. The molecule has 2 saturated heterocycles. The maximum absolute atomic E-state index is 13.6. The van der Waals surface area contributed by atoms with Crippen molar-refractivity contribution in [2.24, 2.45) is 0 Å². The maximum atomic E-state index is 13.6. The molecule has 0 aliphatic carbocycles. The molecule has 0 spiro atoms. The van der Waals surface area contributed by atoms with Crippen molar-refractivity contribution in [3.63, 3.8) is 0 Å². The first-order chi connectivity index (χ1) is 16.6. The van der Waals surface area contributed by atoms with E-state index in [1.165, 1.54) is 6.20 Å². The van der Waals surface area contributed by atoms with Crippen LogP contribution in [0.15, 0.2) is 47.0 Å². The van der Waals surface area contributed by atoms with Gasteiger partial charge in [0.1, 0.15) is 23.5 Å². The van der Waals surface area contributed by atoms with E-state index in [0.717, 1.165) is 63.7 Å². The topological polar surface area (TPSA) is 96.3 Å². The number of furan rings is 1. The molecule has 2 aromatic heterocycles. The molecule has 0 radical (unpaired) electrons. The molecule has 2 aliphatic heterocycles. The fourth-order valence-corrected chi connectivity index (χ4v) is 5.66. The Bertz CT molecular complexity index is 1150. The van der Waals surface area contributed by atoms with Gasteiger partial charge >= 0.3 is 6.41 Å². The number of carbonyl (C=O) groups is 2. The number of aromatic nitrogens is 1. The lowest BCUT2D eigenvalue weighted by Gasteiger charge is -2.47. The molecular weight excluding hydrogens is 454 g/mol. The number of para-hydroxylation sites is 1. The standard InChI is InChI=1S/C25H28ClN5O3/c26-17-5-6-22(29-15-17)30-25(33)24-23(20-3-1-2-4-21(20)34-24)31(16-32,18-7-11-27-12-8-18)19-9-13-28-14-10-19/h1-6,15-16,18-19,27-28H,7-14H2/p+1. The summed E-state index contributed by atoms with van der Waals surface area (Å²) in [4.78, 5) is 31.1. The highest BCUT2D eigenvalue weighted by atomic mass is 35.5. The van der Waals surface area contributed by atoms with Crippen LogP contribution in [0.25, 0.3) is 11.0 Å². The highest BCUT2D eigenvalue weighted by molar-refractivity contribution is 6.30. The van der Waals surface area contributed by atoms with E-state index in [-0.39, 0.29) is 22.3 Å². The number of nitrogens with one attached hydrogen (secondary N) is 3. The molecular formula is C25H29ClN5O3+. The summed E-state index contributed by atoms with van der Waals surface area (Å²) in [5.74, 6) is 0.115. The highest BCUT2D eigenvalue weighted by Gasteiger charge is 2.51. The Morgan fingerprint density at radius 3 is 2.26 bits per heavy atom. The van der Waals surface area contributed by atoms with Crippen LogP contribution in [0.3, 0.4) is 0 Å². The number of benzene rings is 1. The van der Waals surface area contributed by atoms with Crippen LogP contribution in [0.5, 0.6) is 0 Å². The Labute approximate surface area is 203 Å². The molecule has 178 valence electrons. The van der Waals surface area contributed by atoms with Gasteiger partial charge in [-0.3, -0.25) is 4.79 Å². The van der Waals surface area contributed by atoms with E-state index in [2.05, 4.69) is 20.9 Å². The van der Waals surface area contributed by atoms with E-state index in [1.54, 1.807) is 12.1 Å². The lowest BCUT2D eigenvalue weighted by molar-refractivity contribution is -0.122. The van der Waals surface area contributed by atoms with E-state index < -0.39 is 5.91 Å². The van der Waals surface area contributed by atoms with Gasteiger partial charge in [-0.1, -0.05) is 23.7 Å². The molecule has 4 heterocycles. The number of fused-ring (bicyclic) bond motifs is 1. The summed E-state index contributed by atoms with van der Waals surface area (Å²) in [6.07, 6.45) is 5.95. The minimum atomic E-state index is -0.423. The number of quaternary nitrogens is 1. The van der Waals surface area contributed by atoms with E-state index in [0.29, 0.717) is 22.1 Å². The molecule has 9 heteroatoms. The van der Waals surface area contributed by atoms with Crippen molar-refractivity contribution in [2.75, 3.05) is 31.5 Å². The Kier molecular flexibility index (Phi) is 6.65. The first kappa shape index (κ1) is 23.0. The molecule has 8 nitrogen and oxygen atoms in total. The number of carbonyl (C=O) groups excluding carboxylic acids is 2. The molecule has 5 rings (SSSR count).